The molecular formula is C35H39FN2O4. The molecule has 1 heterocycles. The van der Waals surface area contributed by atoms with Gasteiger partial charge in [-0.05, 0) is 72.7 Å². The fourth-order valence-corrected chi connectivity index (χ4v) is 5.16. The Kier molecular flexibility index (Phi) is 11.8. The van der Waals surface area contributed by atoms with Crippen LogP contribution >= 0.6 is 0 Å². The number of benzene rings is 3. The van der Waals surface area contributed by atoms with E-state index in [0.717, 1.165) is 28.1 Å². The van der Waals surface area contributed by atoms with Crippen LogP contribution in [0.25, 0.3) is 22.4 Å². The van der Waals surface area contributed by atoms with Crippen molar-refractivity contribution in [3.63, 3.8) is 0 Å². The van der Waals surface area contributed by atoms with Gasteiger partial charge in [0.2, 0.25) is 0 Å². The van der Waals surface area contributed by atoms with Crippen LogP contribution in [0.5, 0.6) is 0 Å². The minimum atomic E-state index is -1.03. The number of nitrogens with one attached hydrogen (secondary N) is 1. The summed E-state index contributed by atoms with van der Waals surface area (Å²) in [6, 6.07) is 25.3. The SMILES string of the molecule is C=C.CC(C)c1c(C(=O)Nc2ccccc2)c(-c2ccccc2)c(-c2ccc(F)cc2)n1CCCCC(O)CC(=O)O. The van der Waals surface area contributed by atoms with E-state index in [1.165, 1.54) is 12.1 Å². The van der Waals surface area contributed by atoms with Crippen molar-refractivity contribution in [2.45, 2.75) is 58.1 Å². The van der Waals surface area contributed by atoms with Crippen LogP contribution in [0.3, 0.4) is 0 Å². The number of carboxylic acids is 1. The molecule has 1 amide bonds. The molecule has 0 aliphatic rings. The number of amides is 1. The first kappa shape index (κ1) is 32.0. The van der Waals surface area contributed by atoms with Crippen molar-refractivity contribution in [1.29, 1.82) is 0 Å². The molecule has 0 fully saturated rings. The maximum absolute atomic E-state index is 14.0. The van der Waals surface area contributed by atoms with E-state index >= 15 is 0 Å². The van der Waals surface area contributed by atoms with Crippen LogP contribution in [0, 0.1) is 5.82 Å². The molecule has 1 unspecified atom stereocenters. The molecule has 0 saturated carbocycles. The molecule has 0 aliphatic carbocycles. The molecule has 3 N–H and O–H groups in total. The number of nitrogens with zero attached hydrogens (tertiary/aromatic N) is 1. The molecule has 3 aromatic carbocycles. The normalized spacial score (nSPS) is 11.5. The molecule has 0 saturated heterocycles. The van der Waals surface area contributed by atoms with E-state index < -0.39 is 12.1 Å². The average Bonchev–Trinajstić information content (AvgIpc) is 3.33. The van der Waals surface area contributed by atoms with Crippen LogP contribution in [0.4, 0.5) is 10.1 Å². The zero-order valence-corrected chi connectivity index (χ0v) is 24.2. The van der Waals surface area contributed by atoms with Crippen LogP contribution in [-0.4, -0.2) is 32.8 Å². The summed E-state index contributed by atoms with van der Waals surface area (Å²) < 4.78 is 16.1. The summed E-state index contributed by atoms with van der Waals surface area (Å²) in [6.07, 6.45) is 0.440. The van der Waals surface area contributed by atoms with Crippen molar-refractivity contribution < 1.29 is 24.2 Å². The second-order valence-corrected chi connectivity index (χ2v) is 10.2. The highest BCUT2D eigenvalue weighted by atomic mass is 19.1. The molecule has 1 atom stereocenters. The summed E-state index contributed by atoms with van der Waals surface area (Å²) in [5, 5.41) is 22.1. The minimum absolute atomic E-state index is 0.0224. The van der Waals surface area contributed by atoms with Crippen LogP contribution in [0.1, 0.15) is 61.5 Å². The number of carbonyl (C=O) groups excluding carboxylic acids is 1. The van der Waals surface area contributed by atoms with Crippen LogP contribution in [0.15, 0.2) is 98.1 Å². The predicted molar refractivity (Wildman–Crippen MR) is 167 cm³/mol. The number of carbonyl (C=O) groups is 2. The Hall–Kier alpha value is -4.49. The van der Waals surface area contributed by atoms with E-state index in [1.807, 2.05) is 74.5 Å². The van der Waals surface area contributed by atoms with E-state index in [2.05, 4.69) is 23.0 Å². The van der Waals surface area contributed by atoms with Crippen molar-refractivity contribution in [3.05, 3.63) is 115 Å². The van der Waals surface area contributed by atoms with Crippen LogP contribution in [0.2, 0.25) is 0 Å². The molecule has 4 rings (SSSR count). The molecule has 42 heavy (non-hydrogen) atoms. The van der Waals surface area contributed by atoms with E-state index in [0.29, 0.717) is 37.1 Å². The molecule has 7 heteroatoms. The quantitative estimate of drug-likeness (QED) is 0.118. The third-order valence-corrected chi connectivity index (χ3v) is 6.87. The Balaban J connectivity index is 0.00000237. The number of para-hydroxylation sites is 1. The second-order valence-electron chi connectivity index (χ2n) is 10.2. The molecule has 1 aromatic heterocycles. The predicted octanol–water partition coefficient (Wildman–Crippen LogP) is 8.15. The van der Waals surface area contributed by atoms with Gasteiger partial charge in [-0.25, -0.2) is 4.39 Å². The number of rotatable bonds is 12. The van der Waals surface area contributed by atoms with Gasteiger partial charge in [-0.2, -0.15) is 0 Å². The summed E-state index contributed by atoms with van der Waals surface area (Å²) in [6.45, 7) is 10.6. The average molecular weight is 571 g/mol. The molecule has 0 aliphatic heterocycles. The largest absolute Gasteiger partial charge is 0.481 e. The number of aliphatic hydroxyl groups is 1. The standard InChI is InChI=1S/C33H35FN2O4.C2H4/c1-22(2)31-30(33(40)35-26-13-7-4-8-14-26)29(23-11-5-3-6-12-23)32(24-16-18-25(34)19-17-24)36(31)20-10-9-15-27(37)21-28(38)39;1-2/h3-8,11-14,16-19,22,27,37H,9-10,15,20-21H2,1-2H3,(H,35,40)(H,38,39);1-2H2. The Morgan fingerprint density at radius 3 is 2.05 bits per heavy atom. The summed E-state index contributed by atoms with van der Waals surface area (Å²) >= 11 is 0. The third-order valence-electron chi connectivity index (χ3n) is 6.87. The van der Waals surface area contributed by atoms with Gasteiger partial charge in [0.15, 0.2) is 0 Å². The first-order chi connectivity index (χ1) is 20.3. The number of unbranched alkanes of at least 4 members (excludes halogenated alkanes) is 1. The summed E-state index contributed by atoms with van der Waals surface area (Å²) in [7, 11) is 0. The molecule has 0 bridgehead atoms. The fraction of sp³-hybridized carbons (Fsp3) is 0.257. The second kappa shape index (κ2) is 15.5. The number of anilines is 1. The molecule has 220 valence electrons. The maximum atomic E-state index is 14.0. The number of aromatic nitrogens is 1. The number of hydrogen-bond acceptors (Lipinski definition) is 3. The summed E-state index contributed by atoms with van der Waals surface area (Å²) in [5.74, 6) is -1.62. The monoisotopic (exact) mass is 570 g/mol. The third kappa shape index (κ3) is 8.04. The highest BCUT2D eigenvalue weighted by Crippen LogP contribution is 2.42. The van der Waals surface area contributed by atoms with Crippen molar-refractivity contribution in [2.24, 2.45) is 0 Å². The molecular weight excluding hydrogens is 531 g/mol. The van der Waals surface area contributed by atoms with Crippen LogP contribution in [-0.2, 0) is 11.3 Å². The van der Waals surface area contributed by atoms with E-state index in [4.69, 9.17) is 5.11 Å². The van der Waals surface area contributed by atoms with Crippen molar-refractivity contribution >= 4 is 17.6 Å². The molecule has 4 aromatic rings. The fourth-order valence-electron chi connectivity index (χ4n) is 5.16. The smallest absolute Gasteiger partial charge is 0.305 e. The number of hydrogen-bond donors (Lipinski definition) is 3. The molecule has 0 radical (unpaired) electrons. The Morgan fingerprint density at radius 1 is 0.881 bits per heavy atom. The lowest BCUT2D eigenvalue weighted by Gasteiger charge is -2.18. The maximum Gasteiger partial charge on any atom is 0.305 e. The Morgan fingerprint density at radius 2 is 1.48 bits per heavy atom. The lowest BCUT2D eigenvalue weighted by atomic mass is 9.94. The van der Waals surface area contributed by atoms with Crippen molar-refractivity contribution in [3.8, 4) is 22.4 Å². The number of carboxylic acid groups (broad SMARTS) is 1. The van der Waals surface area contributed by atoms with Crippen molar-refractivity contribution in [2.75, 3.05) is 5.32 Å². The van der Waals surface area contributed by atoms with Gasteiger partial charge in [-0.15, -0.1) is 13.2 Å². The minimum Gasteiger partial charge on any atom is -0.481 e. The van der Waals surface area contributed by atoms with Gasteiger partial charge in [-0.3, -0.25) is 9.59 Å². The summed E-state index contributed by atoms with van der Waals surface area (Å²) in [4.78, 5) is 25.0. The Labute approximate surface area is 247 Å². The van der Waals surface area contributed by atoms with Gasteiger partial charge in [0.1, 0.15) is 5.82 Å². The van der Waals surface area contributed by atoms with Gasteiger partial charge in [0, 0.05) is 23.5 Å². The molecule has 0 spiro atoms. The number of aliphatic carboxylic acids is 1. The zero-order valence-electron chi connectivity index (χ0n) is 24.2. The highest BCUT2D eigenvalue weighted by molar-refractivity contribution is 6.12. The Bertz CT molecular complexity index is 1450. The van der Waals surface area contributed by atoms with Gasteiger partial charge in [-0.1, -0.05) is 62.4 Å². The number of aliphatic hydroxyl groups excluding tert-OH is 1. The van der Waals surface area contributed by atoms with Gasteiger partial charge in [0.25, 0.3) is 5.91 Å². The zero-order chi connectivity index (χ0) is 30.6. The van der Waals surface area contributed by atoms with Gasteiger partial charge >= 0.3 is 5.97 Å². The van der Waals surface area contributed by atoms with E-state index in [9.17, 15) is 19.1 Å². The number of halogens is 1. The topological polar surface area (TPSA) is 91.6 Å². The highest BCUT2D eigenvalue weighted by Gasteiger charge is 2.30. The van der Waals surface area contributed by atoms with Crippen molar-refractivity contribution in [1.82, 2.24) is 4.57 Å². The lowest BCUT2D eigenvalue weighted by Crippen LogP contribution is -2.17. The van der Waals surface area contributed by atoms with E-state index in [-0.39, 0.29) is 24.1 Å². The van der Waals surface area contributed by atoms with Crippen LogP contribution < -0.4 is 5.32 Å². The summed E-state index contributed by atoms with van der Waals surface area (Å²) in [5.41, 5.74) is 5.36. The lowest BCUT2D eigenvalue weighted by molar-refractivity contribution is -0.139. The van der Waals surface area contributed by atoms with E-state index in [1.54, 1.807) is 12.1 Å². The van der Waals surface area contributed by atoms with Gasteiger partial charge < -0.3 is 20.1 Å². The first-order valence-electron chi connectivity index (χ1n) is 14.1. The van der Waals surface area contributed by atoms with Gasteiger partial charge in [0.05, 0.1) is 23.8 Å². The molecule has 6 nitrogen and oxygen atoms in total. The first-order valence-corrected chi connectivity index (χ1v) is 14.1.